The maximum Gasteiger partial charge on any atom is 0.125 e. The summed E-state index contributed by atoms with van der Waals surface area (Å²) < 4.78 is 24.3. The second kappa shape index (κ2) is 4.39. The Bertz CT molecular complexity index is 375. The number of halogens is 1. The number of ether oxygens (including phenoxy) is 2. The van der Waals surface area contributed by atoms with Crippen LogP contribution >= 0.6 is 0 Å². The Hall–Kier alpha value is -1.13. The lowest BCUT2D eigenvalue weighted by Gasteiger charge is -2.35. The molecule has 4 heteroatoms. The van der Waals surface area contributed by atoms with Crippen molar-refractivity contribution in [2.24, 2.45) is 0 Å². The van der Waals surface area contributed by atoms with Crippen LogP contribution in [0.3, 0.4) is 0 Å². The average Bonchev–Trinajstić information content (AvgIpc) is 2.30. The molecule has 1 atom stereocenters. The molecule has 1 unspecified atom stereocenters. The summed E-state index contributed by atoms with van der Waals surface area (Å²) in [5.74, 6) is 0.388. The van der Waals surface area contributed by atoms with Crippen LogP contribution in [0.25, 0.3) is 0 Å². The van der Waals surface area contributed by atoms with Crippen molar-refractivity contribution in [1.29, 1.82) is 0 Å². The van der Waals surface area contributed by atoms with Gasteiger partial charge in [0.25, 0.3) is 0 Å². The maximum atomic E-state index is 13.3. The van der Waals surface area contributed by atoms with E-state index < -0.39 is 5.60 Å². The van der Waals surface area contributed by atoms with Crippen molar-refractivity contribution in [3.63, 3.8) is 0 Å². The first-order valence-corrected chi connectivity index (χ1v) is 5.34. The average molecular weight is 225 g/mol. The minimum Gasteiger partial charge on any atom is -0.496 e. The van der Waals surface area contributed by atoms with E-state index in [-0.39, 0.29) is 5.82 Å². The fourth-order valence-electron chi connectivity index (χ4n) is 1.99. The molecule has 0 aromatic heterocycles. The summed E-state index contributed by atoms with van der Waals surface area (Å²) in [4.78, 5) is 0. The number of methoxy groups -OCH3 is 1. The van der Waals surface area contributed by atoms with Crippen molar-refractivity contribution >= 4 is 0 Å². The first-order chi connectivity index (χ1) is 7.65. The first-order valence-electron chi connectivity index (χ1n) is 5.34. The molecule has 0 bridgehead atoms. The predicted molar refractivity (Wildman–Crippen MR) is 59.1 cm³/mol. The first kappa shape index (κ1) is 11.4. The number of nitrogens with one attached hydrogen (secondary N) is 1. The van der Waals surface area contributed by atoms with Gasteiger partial charge < -0.3 is 14.8 Å². The molecule has 1 heterocycles. The molecule has 1 fully saturated rings. The quantitative estimate of drug-likeness (QED) is 0.830. The molecule has 1 aliphatic heterocycles. The highest BCUT2D eigenvalue weighted by Gasteiger charge is 2.33. The Morgan fingerprint density at radius 1 is 1.50 bits per heavy atom. The molecule has 0 spiro atoms. The van der Waals surface area contributed by atoms with Crippen LogP contribution in [0.15, 0.2) is 18.2 Å². The number of hydrogen-bond donors (Lipinski definition) is 1. The van der Waals surface area contributed by atoms with Gasteiger partial charge >= 0.3 is 0 Å². The van der Waals surface area contributed by atoms with Crippen LogP contribution in [-0.4, -0.2) is 26.8 Å². The van der Waals surface area contributed by atoms with Gasteiger partial charge in [-0.25, -0.2) is 4.39 Å². The standard InChI is InChI=1S/C12H16FNO2/c1-12(8-14-5-6-16-12)10-7-9(13)3-4-11(10)15-2/h3-4,7,14H,5-6,8H2,1-2H3. The highest BCUT2D eigenvalue weighted by atomic mass is 19.1. The van der Waals surface area contributed by atoms with E-state index in [1.165, 1.54) is 12.1 Å². The van der Waals surface area contributed by atoms with E-state index in [0.717, 1.165) is 12.1 Å². The molecule has 0 aliphatic carbocycles. The molecule has 0 radical (unpaired) electrons. The third-order valence-electron chi connectivity index (χ3n) is 2.89. The van der Waals surface area contributed by atoms with Crippen LogP contribution in [0, 0.1) is 5.82 Å². The largest absolute Gasteiger partial charge is 0.496 e. The monoisotopic (exact) mass is 225 g/mol. The lowest BCUT2D eigenvalue weighted by atomic mass is 9.93. The molecule has 1 aromatic rings. The van der Waals surface area contributed by atoms with Gasteiger partial charge in [0, 0.05) is 18.7 Å². The van der Waals surface area contributed by atoms with Gasteiger partial charge in [-0.3, -0.25) is 0 Å². The fraction of sp³-hybridized carbons (Fsp3) is 0.500. The highest BCUT2D eigenvalue weighted by molar-refractivity contribution is 5.38. The topological polar surface area (TPSA) is 30.5 Å². The zero-order valence-corrected chi connectivity index (χ0v) is 9.55. The van der Waals surface area contributed by atoms with Gasteiger partial charge in [0.2, 0.25) is 0 Å². The summed E-state index contributed by atoms with van der Waals surface area (Å²) in [5.41, 5.74) is 0.230. The molecule has 0 saturated carbocycles. The number of hydrogen-bond acceptors (Lipinski definition) is 3. The molecule has 1 N–H and O–H groups in total. The van der Waals surface area contributed by atoms with E-state index in [0.29, 0.717) is 18.9 Å². The summed E-state index contributed by atoms with van der Waals surface area (Å²) in [7, 11) is 1.58. The third kappa shape index (κ3) is 2.03. The van der Waals surface area contributed by atoms with Crippen LogP contribution < -0.4 is 10.1 Å². The zero-order chi connectivity index (χ0) is 11.6. The molecule has 1 saturated heterocycles. The molecule has 0 amide bonds. The van der Waals surface area contributed by atoms with E-state index in [2.05, 4.69) is 5.32 Å². The fourth-order valence-corrected chi connectivity index (χ4v) is 1.99. The molecular formula is C12H16FNO2. The Labute approximate surface area is 94.6 Å². The van der Waals surface area contributed by atoms with E-state index in [1.54, 1.807) is 13.2 Å². The predicted octanol–water partition coefficient (Wildman–Crippen LogP) is 1.67. The van der Waals surface area contributed by atoms with Gasteiger partial charge in [-0.05, 0) is 25.1 Å². The van der Waals surface area contributed by atoms with Crippen molar-refractivity contribution in [1.82, 2.24) is 5.32 Å². The van der Waals surface area contributed by atoms with Crippen molar-refractivity contribution < 1.29 is 13.9 Å². The highest BCUT2D eigenvalue weighted by Crippen LogP contribution is 2.34. The van der Waals surface area contributed by atoms with E-state index >= 15 is 0 Å². The molecular weight excluding hydrogens is 209 g/mol. The number of rotatable bonds is 2. The summed E-state index contributed by atoms with van der Waals surface area (Å²) >= 11 is 0. The second-order valence-electron chi connectivity index (χ2n) is 4.10. The van der Waals surface area contributed by atoms with E-state index in [1.807, 2.05) is 6.92 Å². The molecule has 1 aromatic carbocycles. The van der Waals surface area contributed by atoms with Crippen molar-refractivity contribution in [2.45, 2.75) is 12.5 Å². The molecule has 88 valence electrons. The summed E-state index contributed by atoms with van der Waals surface area (Å²) in [6.45, 7) is 4.05. The van der Waals surface area contributed by atoms with Gasteiger partial charge in [0.15, 0.2) is 0 Å². The molecule has 2 rings (SSSR count). The van der Waals surface area contributed by atoms with Crippen LogP contribution in [-0.2, 0) is 10.3 Å². The molecule has 16 heavy (non-hydrogen) atoms. The van der Waals surface area contributed by atoms with Crippen LogP contribution in [0.2, 0.25) is 0 Å². The molecule has 1 aliphatic rings. The number of benzene rings is 1. The summed E-state index contributed by atoms with van der Waals surface area (Å²) in [5, 5.41) is 3.24. The van der Waals surface area contributed by atoms with E-state index in [9.17, 15) is 4.39 Å². The van der Waals surface area contributed by atoms with Crippen molar-refractivity contribution in [3.8, 4) is 5.75 Å². The van der Waals surface area contributed by atoms with Crippen molar-refractivity contribution in [3.05, 3.63) is 29.6 Å². The zero-order valence-electron chi connectivity index (χ0n) is 9.55. The molecule has 3 nitrogen and oxygen atoms in total. The lowest BCUT2D eigenvalue weighted by Crippen LogP contribution is -2.45. The Morgan fingerprint density at radius 3 is 2.94 bits per heavy atom. The van der Waals surface area contributed by atoms with E-state index in [4.69, 9.17) is 9.47 Å². The number of morpholine rings is 1. The normalized spacial score (nSPS) is 25.4. The third-order valence-corrected chi connectivity index (χ3v) is 2.89. The van der Waals surface area contributed by atoms with Gasteiger partial charge in [-0.1, -0.05) is 0 Å². The smallest absolute Gasteiger partial charge is 0.125 e. The van der Waals surface area contributed by atoms with Gasteiger partial charge in [0.1, 0.15) is 17.2 Å². The second-order valence-corrected chi connectivity index (χ2v) is 4.10. The van der Waals surface area contributed by atoms with Gasteiger partial charge in [-0.15, -0.1) is 0 Å². The maximum absolute atomic E-state index is 13.3. The van der Waals surface area contributed by atoms with Crippen LogP contribution in [0.1, 0.15) is 12.5 Å². The SMILES string of the molecule is COc1ccc(F)cc1C1(C)CNCCO1. The summed E-state index contributed by atoms with van der Waals surface area (Å²) in [6, 6.07) is 4.50. The van der Waals surface area contributed by atoms with Gasteiger partial charge in [0.05, 0.1) is 13.7 Å². The van der Waals surface area contributed by atoms with Crippen LogP contribution in [0.4, 0.5) is 4.39 Å². The summed E-state index contributed by atoms with van der Waals surface area (Å²) in [6.07, 6.45) is 0. The Morgan fingerprint density at radius 2 is 2.31 bits per heavy atom. The Kier molecular flexibility index (Phi) is 3.12. The van der Waals surface area contributed by atoms with Gasteiger partial charge in [-0.2, -0.15) is 0 Å². The van der Waals surface area contributed by atoms with Crippen LogP contribution in [0.5, 0.6) is 5.75 Å². The Balaban J connectivity index is 2.40. The minimum atomic E-state index is -0.522. The van der Waals surface area contributed by atoms with Crippen molar-refractivity contribution in [2.75, 3.05) is 26.8 Å². The lowest BCUT2D eigenvalue weighted by molar-refractivity contribution is -0.0585. The minimum absolute atomic E-state index is 0.272.